The Hall–Kier alpha value is 0.467. The number of nitrogens with zero attached hydrogens (tertiary/aromatic N) is 1. The van der Waals surface area contributed by atoms with Crippen molar-refractivity contribution in [3.05, 3.63) is 0 Å². The Labute approximate surface area is 268 Å². The number of rotatable bonds is 34. The molecule has 0 aromatic heterocycles. The third-order valence-electron chi connectivity index (χ3n) is 9.95. The van der Waals surface area contributed by atoms with Crippen molar-refractivity contribution in [3.63, 3.8) is 0 Å². The van der Waals surface area contributed by atoms with Crippen molar-refractivity contribution < 1.29 is 4.15 Å². The molecule has 1 nitrogen and oxygen atoms in total. The van der Waals surface area contributed by atoms with Gasteiger partial charge in [0.15, 0.2) is 0 Å². The molecular formula is C38H81ClNSi+. The van der Waals surface area contributed by atoms with Crippen LogP contribution in [0.1, 0.15) is 213 Å². The number of unbranched alkanes of at least 4 members (excludes halogenated alkanes) is 27. The molecular weight excluding hydrogens is 534 g/mol. The van der Waals surface area contributed by atoms with Crippen LogP contribution in [0.15, 0.2) is 0 Å². The Kier molecular flexibility index (Phi) is 30.8. The van der Waals surface area contributed by atoms with Crippen LogP contribution in [-0.4, -0.2) is 31.3 Å². The van der Waals surface area contributed by atoms with E-state index in [0.29, 0.717) is 0 Å². The minimum atomic E-state index is -1.81. The van der Waals surface area contributed by atoms with E-state index in [1.54, 1.807) is 0 Å². The molecule has 0 aliphatic carbocycles. The highest BCUT2D eigenvalue weighted by Crippen LogP contribution is 2.29. The molecule has 0 rings (SSSR count). The molecule has 41 heavy (non-hydrogen) atoms. The van der Waals surface area contributed by atoms with Gasteiger partial charge in [-0.3, -0.25) is 0 Å². The molecule has 248 valence electrons. The molecule has 3 heteroatoms. The van der Waals surface area contributed by atoms with Crippen LogP contribution >= 0.6 is 11.1 Å². The molecule has 0 N–H and O–H groups in total. The quantitative estimate of drug-likeness (QED) is 0.0384. The van der Waals surface area contributed by atoms with Crippen molar-refractivity contribution in [2.75, 3.05) is 19.6 Å². The summed E-state index contributed by atoms with van der Waals surface area (Å²) in [7, 11) is -1.81. The van der Waals surface area contributed by atoms with Gasteiger partial charge in [-0.25, -0.2) is 0 Å². The first kappa shape index (κ1) is 41.5. The van der Waals surface area contributed by atoms with E-state index < -0.39 is 7.55 Å². The van der Waals surface area contributed by atoms with Crippen LogP contribution in [-0.2, 0) is 0 Å². The Morgan fingerprint density at radius 1 is 0.317 bits per heavy atom. The Morgan fingerprint density at radius 2 is 0.488 bits per heavy atom. The van der Waals surface area contributed by atoms with E-state index in [2.05, 4.69) is 33.9 Å². The standard InChI is InChI=1S/C38H81ClNSi/c1-6-9-12-15-18-21-24-27-30-33-36-40(41(4,5)39,37-34-31-28-25-22-19-16-13-10-7-2)38-35-32-29-26-23-20-17-14-11-8-3/h6-38H2,1-5H3/q+1. The van der Waals surface area contributed by atoms with Gasteiger partial charge in [0.05, 0.1) is 19.6 Å². The maximum atomic E-state index is 7.44. The number of hydrogen-bond donors (Lipinski definition) is 0. The van der Waals surface area contributed by atoms with Crippen LogP contribution in [0.25, 0.3) is 0 Å². The average molecular weight is 616 g/mol. The van der Waals surface area contributed by atoms with Crippen molar-refractivity contribution in [1.29, 1.82) is 0 Å². The molecule has 0 amide bonds. The summed E-state index contributed by atoms with van der Waals surface area (Å²) in [6.45, 7) is 16.0. The molecule has 0 unspecified atom stereocenters. The fraction of sp³-hybridized carbons (Fsp3) is 1.00. The minimum absolute atomic E-state index is 1.29. The van der Waals surface area contributed by atoms with Crippen LogP contribution in [0.2, 0.25) is 13.1 Å². The fourth-order valence-corrected chi connectivity index (χ4v) is 9.67. The second-order valence-electron chi connectivity index (χ2n) is 14.3. The fourth-order valence-electron chi connectivity index (χ4n) is 6.84. The molecule has 0 bridgehead atoms. The van der Waals surface area contributed by atoms with E-state index in [9.17, 15) is 0 Å². The summed E-state index contributed by atoms with van der Waals surface area (Å²) >= 11 is 7.44. The molecule has 0 aliphatic heterocycles. The second-order valence-corrected chi connectivity index (χ2v) is 20.8. The smallest absolute Gasteiger partial charge is 0.372 e. The van der Waals surface area contributed by atoms with Gasteiger partial charge >= 0.3 is 7.55 Å². The first-order chi connectivity index (χ1) is 19.9. The molecule has 0 fully saturated rings. The van der Waals surface area contributed by atoms with Gasteiger partial charge < -0.3 is 4.15 Å². The highest BCUT2D eigenvalue weighted by Gasteiger charge is 2.44. The summed E-state index contributed by atoms with van der Waals surface area (Å²) in [6.07, 6.45) is 42.9. The third-order valence-corrected chi connectivity index (χ3v) is 13.9. The first-order valence-electron chi connectivity index (χ1n) is 19.5. The lowest BCUT2D eigenvalue weighted by Crippen LogP contribution is -2.63. The van der Waals surface area contributed by atoms with E-state index in [1.165, 1.54) is 216 Å². The molecule has 0 aliphatic rings. The van der Waals surface area contributed by atoms with Crippen LogP contribution in [0, 0.1) is 0 Å². The summed E-state index contributed by atoms with van der Waals surface area (Å²) < 4.78 is 1.29. The largest absolute Gasteiger partial charge is 0.378 e. The molecule has 0 atom stereocenters. The van der Waals surface area contributed by atoms with Crippen LogP contribution in [0.5, 0.6) is 0 Å². The summed E-state index contributed by atoms with van der Waals surface area (Å²) in [4.78, 5) is 0. The summed E-state index contributed by atoms with van der Waals surface area (Å²) in [5.74, 6) is 0. The molecule has 0 heterocycles. The van der Waals surface area contributed by atoms with Gasteiger partial charge in [0, 0.05) is 0 Å². The monoisotopic (exact) mass is 615 g/mol. The van der Waals surface area contributed by atoms with Gasteiger partial charge in [-0.15, -0.1) is 0 Å². The van der Waals surface area contributed by atoms with E-state index in [-0.39, 0.29) is 0 Å². The zero-order valence-electron chi connectivity index (χ0n) is 29.7. The molecule has 0 saturated carbocycles. The van der Waals surface area contributed by atoms with Crippen LogP contribution < -0.4 is 0 Å². The Balaban J connectivity index is 4.55. The van der Waals surface area contributed by atoms with E-state index in [1.807, 2.05) is 0 Å². The number of quaternary nitrogens is 1. The molecule has 0 spiro atoms. The highest BCUT2D eigenvalue weighted by atomic mass is 35.6. The Bertz CT molecular complexity index is 443. The normalized spacial score (nSPS) is 12.4. The first-order valence-corrected chi connectivity index (χ1v) is 23.4. The lowest BCUT2D eigenvalue weighted by atomic mass is 10.1. The lowest BCUT2D eigenvalue weighted by Gasteiger charge is -2.47. The Morgan fingerprint density at radius 3 is 0.659 bits per heavy atom. The van der Waals surface area contributed by atoms with Gasteiger partial charge in [-0.05, 0) is 51.6 Å². The molecule has 0 radical (unpaired) electrons. The SMILES string of the molecule is CCCCCCCCCCCC[N+](CCCCCCCCCCCC)(CCCCCCCCCCCC)[Si](C)(C)Cl. The van der Waals surface area contributed by atoms with Crippen molar-refractivity contribution in [3.8, 4) is 0 Å². The van der Waals surface area contributed by atoms with E-state index >= 15 is 0 Å². The number of halogens is 1. The highest BCUT2D eigenvalue weighted by molar-refractivity contribution is 7.14. The zero-order valence-corrected chi connectivity index (χ0v) is 31.4. The van der Waals surface area contributed by atoms with Crippen LogP contribution in [0.3, 0.4) is 0 Å². The lowest BCUT2D eigenvalue weighted by molar-refractivity contribution is -0.832. The molecule has 0 aromatic carbocycles. The predicted molar refractivity (Wildman–Crippen MR) is 194 cm³/mol. The summed E-state index contributed by atoms with van der Waals surface area (Å²) in [6, 6.07) is 0. The van der Waals surface area contributed by atoms with E-state index in [0.717, 1.165) is 0 Å². The summed E-state index contributed by atoms with van der Waals surface area (Å²) in [5, 5.41) is 0. The van der Waals surface area contributed by atoms with Gasteiger partial charge in [0.2, 0.25) is 0 Å². The van der Waals surface area contributed by atoms with Crippen molar-refractivity contribution in [2.45, 2.75) is 226 Å². The van der Waals surface area contributed by atoms with Gasteiger partial charge in [0.25, 0.3) is 0 Å². The van der Waals surface area contributed by atoms with Crippen molar-refractivity contribution >= 4 is 18.6 Å². The van der Waals surface area contributed by atoms with Crippen molar-refractivity contribution in [1.82, 2.24) is 0 Å². The topological polar surface area (TPSA) is 0 Å². The summed E-state index contributed by atoms with van der Waals surface area (Å²) in [5.41, 5.74) is 0. The van der Waals surface area contributed by atoms with Crippen LogP contribution in [0.4, 0.5) is 0 Å². The second kappa shape index (κ2) is 30.5. The number of hydrogen-bond acceptors (Lipinski definition) is 0. The maximum absolute atomic E-state index is 7.44. The molecule has 0 aromatic rings. The van der Waals surface area contributed by atoms with E-state index in [4.69, 9.17) is 11.1 Å². The third kappa shape index (κ3) is 25.5. The van der Waals surface area contributed by atoms with Gasteiger partial charge in [-0.2, -0.15) is 0 Å². The van der Waals surface area contributed by atoms with Crippen molar-refractivity contribution in [2.24, 2.45) is 0 Å². The van der Waals surface area contributed by atoms with Gasteiger partial charge in [-0.1, -0.05) is 186 Å². The predicted octanol–water partition coefficient (Wildman–Crippen LogP) is 14.5. The molecule has 0 saturated heterocycles. The average Bonchev–Trinajstić information content (AvgIpc) is 2.95. The maximum Gasteiger partial charge on any atom is 0.378 e. The minimum Gasteiger partial charge on any atom is -0.372 e. The zero-order chi connectivity index (χ0) is 30.3. The van der Waals surface area contributed by atoms with Gasteiger partial charge in [0.1, 0.15) is 0 Å².